The third kappa shape index (κ3) is 4.62. The Morgan fingerprint density at radius 3 is 2.77 bits per heavy atom. The molecule has 0 aromatic carbocycles. The van der Waals surface area contributed by atoms with Crippen LogP contribution in [0, 0.1) is 0 Å². The molecular weight excluding hydrogens is 410 g/mol. The summed E-state index contributed by atoms with van der Waals surface area (Å²) in [5.74, 6) is 0. The Balaban J connectivity index is 1.41. The van der Waals surface area contributed by atoms with Gasteiger partial charge in [-0.2, -0.15) is 0 Å². The van der Waals surface area contributed by atoms with Crippen LogP contribution in [0.25, 0.3) is 0 Å². The van der Waals surface area contributed by atoms with Gasteiger partial charge in [0.25, 0.3) is 0 Å². The van der Waals surface area contributed by atoms with Crippen molar-refractivity contribution in [2.24, 2.45) is 0 Å². The van der Waals surface area contributed by atoms with E-state index in [1.54, 1.807) is 0 Å². The Hall–Kier alpha value is -2.00. The van der Waals surface area contributed by atoms with E-state index in [0.717, 1.165) is 76.2 Å². The Labute approximate surface area is 189 Å². The van der Waals surface area contributed by atoms with Gasteiger partial charge in [-0.25, -0.2) is 0 Å². The van der Waals surface area contributed by atoms with E-state index >= 15 is 0 Å². The van der Waals surface area contributed by atoms with E-state index in [-0.39, 0.29) is 12.1 Å². The fourth-order valence-electron chi connectivity index (χ4n) is 4.91. The minimum absolute atomic E-state index is 0.0246. The van der Waals surface area contributed by atoms with Crippen LogP contribution in [0.15, 0.2) is 42.7 Å². The molecule has 0 radical (unpaired) electrons. The maximum Gasteiger partial charge on any atom is 0.170 e. The van der Waals surface area contributed by atoms with Crippen molar-refractivity contribution in [3.05, 3.63) is 54.1 Å². The Bertz CT molecular complexity index is 864. The fourth-order valence-corrected chi connectivity index (χ4v) is 5.24. The summed E-state index contributed by atoms with van der Waals surface area (Å²) in [5.41, 5.74) is 2.29. The van der Waals surface area contributed by atoms with Crippen LogP contribution in [0.5, 0.6) is 0 Å². The second-order valence-electron chi connectivity index (χ2n) is 8.49. The van der Waals surface area contributed by atoms with Gasteiger partial charge in [0.15, 0.2) is 5.11 Å². The molecule has 0 amide bonds. The van der Waals surface area contributed by atoms with Crippen LogP contribution in [0.4, 0.5) is 0 Å². The third-order valence-corrected chi connectivity index (χ3v) is 6.90. The zero-order chi connectivity index (χ0) is 21.0. The summed E-state index contributed by atoms with van der Waals surface area (Å²) in [6.07, 6.45) is 6.61. The van der Waals surface area contributed by atoms with Crippen molar-refractivity contribution in [1.29, 1.82) is 0 Å². The Morgan fingerprint density at radius 1 is 1.10 bits per heavy atom. The van der Waals surface area contributed by atoms with Crippen LogP contribution in [0.2, 0.25) is 0 Å². The normalized spacial score (nSPS) is 27.0. The van der Waals surface area contributed by atoms with Crippen molar-refractivity contribution in [3.63, 3.8) is 0 Å². The molecule has 3 aliphatic heterocycles. The molecule has 0 saturated carbocycles. The average molecular weight is 442 g/mol. The maximum absolute atomic E-state index is 5.92. The highest BCUT2D eigenvalue weighted by atomic mass is 32.1. The molecule has 0 spiro atoms. The molecule has 31 heavy (non-hydrogen) atoms. The molecule has 3 aliphatic rings. The van der Waals surface area contributed by atoms with Gasteiger partial charge in [-0.05, 0) is 49.3 Å². The van der Waals surface area contributed by atoms with E-state index < -0.39 is 0 Å². The molecule has 3 unspecified atom stereocenters. The summed E-state index contributed by atoms with van der Waals surface area (Å²) >= 11 is 5.83. The SMILES string of the molecule is S=C1NC(c2ccccn2)C(c2cccn2CC2CCCO2)N1CCN1CCOCC1. The number of hydrogen-bond acceptors (Lipinski definition) is 5. The number of nitrogens with zero attached hydrogens (tertiary/aromatic N) is 4. The molecule has 3 fully saturated rings. The second-order valence-corrected chi connectivity index (χ2v) is 8.88. The van der Waals surface area contributed by atoms with Crippen LogP contribution in [0.3, 0.4) is 0 Å². The van der Waals surface area contributed by atoms with Crippen molar-refractivity contribution in [2.75, 3.05) is 46.0 Å². The zero-order valence-corrected chi connectivity index (χ0v) is 18.7. The van der Waals surface area contributed by atoms with Gasteiger partial charge in [-0.15, -0.1) is 0 Å². The number of rotatable bonds is 7. The standard InChI is InChI=1S/C23H31N5O2S/c31-23-25-21(19-6-1-2-8-24-19)22(28(23)11-10-26-12-15-29-16-13-26)20-7-3-9-27(20)17-18-5-4-14-30-18/h1-3,6-9,18,21-22H,4-5,10-17H2,(H,25,31). The summed E-state index contributed by atoms with van der Waals surface area (Å²) in [6, 6.07) is 10.6. The highest BCUT2D eigenvalue weighted by Gasteiger charge is 2.41. The minimum atomic E-state index is 0.0246. The van der Waals surface area contributed by atoms with Gasteiger partial charge in [0.05, 0.1) is 37.1 Å². The summed E-state index contributed by atoms with van der Waals surface area (Å²) in [7, 11) is 0. The Morgan fingerprint density at radius 2 is 2.00 bits per heavy atom. The summed E-state index contributed by atoms with van der Waals surface area (Å²) in [6.45, 7) is 7.21. The number of aromatic nitrogens is 2. The van der Waals surface area contributed by atoms with Crippen LogP contribution >= 0.6 is 12.2 Å². The molecule has 5 heterocycles. The van der Waals surface area contributed by atoms with E-state index in [1.165, 1.54) is 5.69 Å². The first kappa shape index (κ1) is 20.9. The van der Waals surface area contributed by atoms with Crippen molar-refractivity contribution in [3.8, 4) is 0 Å². The first-order valence-electron chi connectivity index (χ1n) is 11.3. The molecule has 0 bridgehead atoms. The average Bonchev–Trinajstić information content (AvgIpc) is 3.55. The minimum Gasteiger partial charge on any atom is -0.379 e. The van der Waals surface area contributed by atoms with Crippen molar-refractivity contribution in [1.82, 2.24) is 24.7 Å². The lowest BCUT2D eigenvalue weighted by atomic mass is 10.0. The van der Waals surface area contributed by atoms with Crippen LogP contribution < -0.4 is 5.32 Å². The zero-order valence-electron chi connectivity index (χ0n) is 17.9. The number of morpholine rings is 1. The van der Waals surface area contributed by atoms with Crippen molar-refractivity contribution in [2.45, 2.75) is 37.6 Å². The van der Waals surface area contributed by atoms with Crippen LogP contribution in [0.1, 0.15) is 36.3 Å². The smallest absolute Gasteiger partial charge is 0.170 e. The van der Waals surface area contributed by atoms with E-state index in [1.807, 2.05) is 18.3 Å². The van der Waals surface area contributed by atoms with Gasteiger partial charge in [0.1, 0.15) is 0 Å². The maximum atomic E-state index is 5.92. The molecule has 8 heteroatoms. The lowest BCUT2D eigenvalue weighted by molar-refractivity contribution is 0.0349. The molecule has 166 valence electrons. The van der Waals surface area contributed by atoms with E-state index in [0.29, 0.717) is 6.10 Å². The van der Waals surface area contributed by atoms with Crippen LogP contribution in [-0.4, -0.2) is 76.6 Å². The molecule has 3 saturated heterocycles. The number of pyridine rings is 1. The van der Waals surface area contributed by atoms with Crippen molar-refractivity contribution >= 4 is 17.3 Å². The third-order valence-electron chi connectivity index (χ3n) is 6.55. The molecule has 1 N–H and O–H groups in total. The van der Waals surface area contributed by atoms with Crippen LogP contribution in [-0.2, 0) is 16.0 Å². The molecular formula is C23H31N5O2S. The molecule has 0 aliphatic carbocycles. The second kappa shape index (κ2) is 9.65. The lowest BCUT2D eigenvalue weighted by Crippen LogP contribution is -2.43. The predicted octanol–water partition coefficient (Wildman–Crippen LogP) is 2.37. The molecule has 2 aromatic rings. The van der Waals surface area contributed by atoms with Gasteiger partial charge in [0, 0.05) is 57.4 Å². The van der Waals surface area contributed by atoms with E-state index in [2.05, 4.69) is 49.1 Å². The van der Waals surface area contributed by atoms with Gasteiger partial charge in [-0.1, -0.05) is 6.07 Å². The first-order chi connectivity index (χ1) is 15.3. The number of hydrogen-bond donors (Lipinski definition) is 1. The quantitative estimate of drug-likeness (QED) is 0.662. The summed E-state index contributed by atoms with van der Waals surface area (Å²) in [4.78, 5) is 9.48. The summed E-state index contributed by atoms with van der Waals surface area (Å²) in [5, 5.41) is 4.38. The van der Waals surface area contributed by atoms with E-state index in [9.17, 15) is 0 Å². The highest BCUT2D eigenvalue weighted by Crippen LogP contribution is 2.38. The number of nitrogens with one attached hydrogen (secondary N) is 1. The largest absolute Gasteiger partial charge is 0.379 e. The highest BCUT2D eigenvalue weighted by molar-refractivity contribution is 7.80. The van der Waals surface area contributed by atoms with E-state index in [4.69, 9.17) is 21.7 Å². The molecule has 2 aromatic heterocycles. The predicted molar refractivity (Wildman–Crippen MR) is 123 cm³/mol. The first-order valence-corrected chi connectivity index (χ1v) is 11.8. The molecule has 7 nitrogen and oxygen atoms in total. The van der Waals surface area contributed by atoms with Gasteiger partial charge in [-0.3, -0.25) is 9.88 Å². The van der Waals surface area contributed by atoms with Crippen molar-refractivity contribution < 1.29 is 9.47 Å². The molecule has 5 rings (SSSR count). The summed E-state index contributed by atoms with van der Waals surface area (Å²) < 4.78 is 13.8. The monoisotopic (exact) mass is 441 g/mol. The Kier molecular flexibility index (Phi) is 6.50. The fraction of sp³-hybridized carbons (Fsp3) is 0.565. The number of thiocarbonyl (C=S) groups is 1. The van der Waals surface area contributed by atoms with Gasteiger partial charge < -0.3 is 24.3 Å². The van der Waals surface area contributed by atoms with Gasteiger partial charge >= 0.3 is 0 Å². The number of ether oxygens (including phenoxy) is 2. The molecule has 3 atom stereocenters. The van der Waals surface area contributed by atoms with Gasteiger partial charge in [0.2, 0.25) is 0 Å². The topological polar surface area (TPSA) is 54.8 Å². The lowest BCUT2D eigenvalue weighted by Gasteiger charge is -2.32.